The molecule has 2 aromatic carbocycles. The molecule has 0 amide bonds. The zero-order valence-corrected chi connectivity index (χ0v) is 15.9. The molecule has 1 aromatic heterocycles. The van der Waals surface area contributed by atoms with E-state index in [2.05, 4.69) is 4.98 Å². The van der Waals surface area contributed by atoms with E-state index >= 15 is 0 Å². The van der Waals surface area contributed by atoms with Gasteiger partial charge in [0.25, 0.3) is 0 Å². The zero-order chi connectivity index (χ0) is 19.3. The Hall–Kier alpha value is -2.73. The monoisotopic (exact) mass is 384 g/mol. The molecule has 0 aliphatic heterocycles. The number of nitrogens with zero attached hydrogens (tertiary/aromatic N) is 2. The second-order valence-corrected chi connectivity index (χ2v) is 8.39. The lowest BCUT2D eigenvalue weighted by Gasteiger charge is -2.24. The van der Waals surface area contributed by atoms with Crippen molar-refractivity contribution in [3.63, 3.8) is 0 Å². The molecule has 3 rings (SSSR count). The number of anilines is 1. The van der Waals surface area contributed by atoms with Gasteiger partial charge in [0, 0.05) is 18.8 Å². The minimum absolute atomic E-state index is 0.00912. The van der Waals surface area contributed by atoms with Crippen LogP contribution in [0.4, 0.5) is 10.1 Å². The van der Waals surface area contributed by atoms with Crippen LogP contribution >= 0.6 is 0 Å². The van der Waals surface area contributed by atoms with E-state index < -0.39 is 10.0 Å². The van der Waals surface area contributed by atoms with Crippen LogP contribution < -0.4 is 4.31 Å². The van der Waals surface area contributed by atoms with Crippen molar-refractivity contribution in [1.82, 2.24) is 4.98 Å². The van der Waals surface area contributed by atoms with E-state index in [-0.39, 0.29) is 18.1 Å². The van der Waals surface area contributed by atoms with Crippen molar-refractivity contribution < 1.29 is 12.8 Å². The number of benzene rings is 2. The van der Waals surface area contributed by atoms with E-state index in [0.717, 1.165) is 11.1 Å². The van der Waals surface area contributed by atoms with Crippen LogP contribution in [0.15, 0.2) is 73.1 Å². The van der Waals surface area contributed by atoms with E-state index in [1.165, 1.54) is 10.4 Å². The van der Waals surface area contributed by atoms with Gasteiger partial charge in [0.05, 0.1) is 18.0 Å². The summed E-state index contributed by atoms with van der Waals surface area (Å²) in [6.07, 6.45) is 3.70. The van der Waals surface area contributed by atoms with Gasteiger partial charge in [0.2, 0.25) is 10.0 Å². The fourth-order valence-corrected chi connectivity index (χ4v) is 3.94. The zero-order valence-electron chi connectivity index (χ0n) is 15.0. The molecule has 0 aliphatic carbocycles. The lowest BCUT2D eigenvalue weighted by atomic mass is 10.0. The van der Waals surface area contributed by atoms with E-state index in [1.54, 1.807) is 61.8 Å². The van der Waals surface area contributed by atoms with Crippen LogP contribution in [0.3, 0.4) is 0 Å². The Bertz CT molecular complexity index is 1010. The summed E-state index contributed by atoms with van der Waals surface area (Å²) in [7, 11) is -3.48. The highest BCUT2D eigenvalue weighted by atomic mass is 32.2. The topological polar surface area (TPSA) is 50.3 Å². The summed E-state index contributed by atoms with van der Waals surface area (Å²) in [5.41, 5.74) is 2.79. The fraction of sp³-hybridized carbons (Fsp3) is 0.190. The molecule has 0 aliphatic rings. The highest BCUT2D eigenvalue weighted by Crippen LogP contribution is 2.24. The Morgan fingerprint density at radius 1 is 1.00 bits per heavy atom. The Morgan fingerprint density at radius 3 is 2.48 bits per heavy atom. The number of hydrogen-bond acceptors (Lipinski definition) is 3. The second kappa shape index (κ2) is 8.31. The third-order valence-electron chi connectivity index (χ3n) is 4.30. The standard InChI is InChI=1S/C21H21FN2O2S/c1-2-27(25,26)24(16-18-8-6-12-23-15-18)20-10-5-7-17(14-20)13-19-9-3-4-11-21(19)22/h3-12,14-15H,2,13,16H2,1H3. The predicted molar refractivity (Wildman–Crippen MR) is 106 cm³/mol. The Labute approximate surface area is 159 Å². The Kier molecular flexibility index (Phi) is 5.86. The highest BCUT2D eigenvalue weighted by Gasteiger charge is 2.21. The molecule has 0 fully saturated rings. The first-order valence-corrected chi connectivity index (χ1v) is 10.3. The molecule has 3 aromatic rings. The summed E-state index contributed by atoms with van der Waals surface area (Å²) in [4.78, 5) is 4.06. The Balaban J connectivity index is 1.94. The SMILES string of the molecule is CCS(=O)(=O)N(Cc1cccnc1)c1cccc(Cc2ccccc2F)c1. The van der Waals surface area contributed by atoms with E-state index in [0.29, 0.717) is 17.7 Å². The Morgan fingerprint density at radius 2 is 1.78 bits per heavy atom. The first-order valence-electron chi connectivity index (χ1n) is 8.71. The lowest BCUT2D eigenvalue weighted by Crippen LogP contribution is -2.32. The maximum atomic E-state index is 14.0. The van der Waals surface area contributed by atoms with Crippen LogP contribution in [-0.2, 0) is 23.0 Å². The number of halogens is 1. The van der Waals surface area contributed by atoms with Crippen LogP contribution in [0.25, 0.3) is 0 Å². The number of aromatic nitrogens is 1. The molecular formula is C21H21FN2O2S. The molecule has 0 N–H and O–H groups in total. The molecule has 0 bridgehead atoms. The summed E-state index contributed by atoms with van der Waals surface area (Å²) < 4.78 is 40.7. The van der Waals surface area contributed by atoms with E-state index in [1.807, 2.05) is 12.1 Å². The van der Waals surface area contributed by atoms with Gasteiger partial charge < -0.3 is 0 Å². The lowest BCUT2D eigenvalue weighted by molar-refractivity contribution is 0.591. The number of sulfonamides is 1. The molecule has 1 heterocycles. The van der Waals surface area contributed by atoms with Crippen molar-refractivity contribution in [1.29, 1.82) is 0 Å². The summed E-state index contributed by atoms with van der Waals surface area (Å²) in [5, 5.41) is 0. The van der Waals surface area contributed by atoms with Crippen LogP contribution in [0.5, 0.6) is 0 Å². The van der Waals surface area contributed by atoms with Gasteiger partial charge in [-0.3, -0.25) is 9.29 Å². The average molecular weight is 384 g/mol. The molecule has 0 unspecified atom stereocenters. The largest absolute Gasteiger partial charge is 0.266 e. The van der Waals surface area contributed by atoms with Crippen LogP contribution in [0.1, 0.15) is 23.6 Å². The summed E-state index contributed by atoms with van der Waals surface area (Å²) in [6, 6.07) is 17.5. The molecule has 4 nitrogen and oxygen atoms in total. The van der Waals surface area contributed by atoms with Gasteiger partial charge in [0.15, 0.2) is 0 Å². The first-order chi connectivity index (χ1) is 13.0. The maximum absolute atomic E-state index is 14.0. The van der Waals surface area contributed by atoms with Gasteiger partial charge in [-0.25, -0.2) is 12.8 Å². The summed E-state index contributed by atoms with van der Waals surface area (Å²) >= 11 is 0. The van der Waals surface area contributed by atoms with Crippen molar-refractivity contribution in [2.45, 2.75) is 19.9 Å². The van der Waals surface area contributed by atoms with Gasteiger partial charge in [-0.05, 0) is 47.9 Å². The van der Waals surface area contributed by atoms with E-state index in [9.17, 15) is 12.8 Å². The predicted octanol–water partition coefficient (Wildman–Crippen LogP) is 4.17. The molecule has 0 atom stereocenters. The van der Waals surface area contributed by atoms with Gasteiger partial charge in [-0.1, -0.05) is 36.4 Å². The van der Waals surface area contributed by atoms with Crippen molar-refractivity contribution >= 4 is 15.7 Å². The first kappa shape index (κ1) is 19.0. The quantitative estimate of drug-likeness (QED) is 0.614. The van der Waals surface area contributed by atoms with Gasteiger partial charge >= 0.3 is 0 Å². The van der Waals surface area contributed by atoms with Crippen molar-refractivity contribution in [3.8, 4) is 0 Å². The fourth-order valence-electron chi connectivity index (χ4n) is 2.85. The normalized spacial score (nSPS) is 11.3. The summed E-state index contributed by atoms with van der Waals surface area (Å²) in [6.45, 7) is 1.82. The average Bonchev–Trinajstić information content (AvgIpc) is 2.69. The summed E-state index contributed by atoms with van der Waals surface area (Å²) in [5.74, 6) is -0.276. The van der Waals surface area contributed by atoms with Crippen LogP contribution in [-0.4, -0.2) is 19.2 Å². The van der Waals surface area contributed by atoms with Gasteiger partial charge in [-0.15, -0.1) is 0 Å². The molecule has 0 spiro atoms. The molecule has 0 saturated carbocycles. The highest BCUT2D eigenvalue weighted by molar-refractivity contribution is 7.92. The maximum Gasteiger partial charge on any atom is 0.235 e. The minimum Gasteiger partial charge on any atom is -0.266 e. The van der Waals surface area contributed by atoms with E-state index in [4.69, 9.17) is 0 Å². The molecule has 140 valence electrons. The van der Waals surface area contributed by atoms with Crippen molar-refractivity contribution in [2.75, 3.05) is 10.1 Å². The van der Waals surface area contributed by atoms with Gasteiger partial charge in [0.1, 0.15) is 5.82 Å². The van der Waals surface area contributed by atoms with Crippen LogP contribution in [0.2, 0.25) is 0 Å². The molecular weight excluding hydrogens is 363 g/mol. The molecule has 0 radical (unpaired) electrons. The molecule has 0 saturated heterocycles. The van der Waals surface area contributed by atoms with Crippen molar-refractivity contribution in [3.05, 3.63) is 95.6 Å². The number of pyridine rings is 1. The van der Waals surface area contributed by atoms with Crippen molar-refractivity contribution in [2.24, 2.45) is 0 Å². The smallest absolute Gasteiger partial charge is 0.235 e. The number of rotatable bonds is 7. The van der Waals surface area contributed by atoms with Gasteiger partial charge in [-0.2, -0.15) is 0 Å². The van der Waals surface area contributed by atoms with Crippen LogP contribution in [0, 0.1) is 5.82 Å². The molecule has 6 heteroatoms. The minimum atomic E-state index is -3.48. The third-order valence-corrected chi connectivity index (χ3v) is 6.04. The molecule has 27 heavy (non-hydrogen) atoms. The third kappa shape index (κ3) is 4.71. The number of hydrogen-bond donors (Lipinski definition) is 0. The second-order valence-electron chi connectivity index (χ2n) is 6.21.